The molecule has 1 heterocycles. The average molecular weight is 307 g/mol. The van der Waals surface area contributed by atoms with Crippen LogP contribution in [0.15, 0.2) is 0 Å². The number of hydrogen-bond donors (Lipinski definition) is 2. The topological polar surface area (TPSA) is 80.9 Å². The fraction of sp³-hybridized carbons (Fsp3) is 0.750. The summed E-state index contributed by atoms with van der Waals surface area (Å²) in [6.07, 6.45) is 4.66. The summed E-state index contributed by atoms with van der Waals surface area (Å²) in [5.74, 6) is -0.192. The number of nitrogens with two attached hydrogens (primary N) is 1. The normalized spacial score (nSPS) is 13.5. The zero-order valence-corrected chi connectivity index (χ0v) is 13.4. The highest BCUT2D eigenvalue weighted by Crippen LogP contribution is 2.19. The Hall–Kier alpha value is -0.720. The van der Waals surface area contributed by atoms with Crippen molar-refractivity contribution in [2.75, 3.05) is 5.32 Å². The largest absolute Gasteiger partial charge is 0.318 e. The van der Waals surface area contributed by atoms with Gasteiger partial charge in [-0.15, -0.1) is 22.6 Å². The van der Waals surface area contributed by atoms with Crippen molar-refractivity contribution in [2.45, 2.75) is 58.4 Å². The summed E-state index contributed by atoms with van der Waals surface area (Å²) >= 11 is 1.43. The van der Waals surface area contributed by atoms with Gasteiger partial charge in [0.25, 0.3) is 0 Å². The van der Waals surface area contributed by atoms with E-state index in [2.05, 4.69) is 22.4 Å². The Morgan fingerprint density at radius 3 is 2.63 bits per heavy atom. The maximum atomic E-state index is 12.0. The highest BCUT2D eigenvalue weighted by Gasteiger charge is 2.27. The van der Waals surface area contributed by atoms with Crippen molar-refractivity contribution in [1.29, 1.82) is 0 Å². The third-order valence-corrected chi connectivity index (χ3v) is 3.62. The number of hydrogen-bond acceptors (Lipinski definition) is 5. The van der Waals surface area contributed by atoms with Crippen molar-refractivity contribution in [3.05, 3.63) is 5.01 Å². The highest BCUT2D eigenvalue weighted by molar-refractivity contribution is 7.15. The summed E-state index contributed by atoms with van der Waals surface area (Å²) < 4.78 is 0. The maximum Gasteiger partial charge on any atom is 0.245 e. The van der Waals surface area contributed by atoms with Crippen LogP contribution in [0.1, 0.15) is 51.5 Å². The molecule has 1 aromatic rings. The lowest BCUT2D eigenvalue weighted by molar-refractivity contribution is -0.120. The van der Waals surface area contributed by atoms with Gasteiger partial charge in [0.1, 0.15) is 5.01 Å². The minimum absolute atomic E-state index is 0. The molecule has 0 fully saturated rings. The van der Waals surface area contributed by atoms with Gasteiger partial charge in [0.2, 0.25) is 11.0 Å². The molecular formula is C12H23ClN4OS. The van der Waals surface area contributed by atoms with Gasteiger partial charge >= 0.3 is 0 Å². The molecular weight excluding hydrogens is 284 g/mol. The van der Waals surface area contributed by atoms with Crippen LogP contribution in [-0.2, 0) is 11.2 Å². The van der Waals surface area contributed by atoms with E-state index in [4.69, 9.17) is 5.73 Å². The zero-order chi connectivity index (χ0) is 13.6. The molecule has 1 rings (SSSR count). The molecule has 110 valence electrons. The predicted molar refractivity (Wildman–Crippen MR) is 81.9 cm³/mol. The van der Waals surface area contributed by atoms with Crippen LogP contribution in [0, 0.1) is 0 Å². The summed E-state index contributed by atoms with van der Waals surface area (Å²) in [6.45, 7) is 5.88. The average Bonchev–Trinajstić information content (AvgIpc) is 2.74. The summed E-state index contributed by atoms with van der Waals surface area (Å²) in [4.78, 5) is 12.0. The molecule has 1 atom stereocenters. The number of carbonyl (C=O) groups excluding carboxylic acids is 1. The Kier molecular flexibility index (Phi) is 8.13. The van der Waals surface area contributed by atoms with Gasteiger partial charge in [-0.3, -0.25) is 10.1 Å². The Morgan fingerprint density at radius 1 is 1.37 bits per heavy atom. The van der Waals surface area contributed by atoms with Crippen molar-refractivity contribution in [3.63, 3.8) is 0 Å². The number of unbranched alkanes of at least 4 members (excludes halogenated alkanes) is 1. The van der Waals surface area contributed by atoms with Gasteiger partial charge < -0.3 is 5.73 Å². The molecule has 7 heteroatoms. The van der Waals surface area contributed by atoms with E-state index in [0.717, 1.165) is 30.7 Å². The molecule has 1 unspecified atom stereocenters. The number of rotatable bonds is 7. The first kappa shape index (κ1) is 18.3. The van der Waals surface area contributed by atoms with Crippen molar-refractivity contribution in [1.82, 2.24) is 10.2 Å². The molecule has 0 aliphatic carbocycles. The highest BCUT2D eigenvalue weighted by atomic mass is 35.5. The fourth-order valence-electron chi connectivity index (χ4n) is 1.61. The summed E-state index contributed by atoms with van der Waals surface area (Å²) in [5, 5.41) is 12.3. The number of nitrogens with one attached hydrogen (secondary N) is 1. The number of amides is 1. The summed E-state index contributed by atoms with van der Waals surface area (Å²) in [6, 6.07) is 0. The molecule has 0 radical (unpaired) electrons. The quantitative estimate of drug-likeness (QED) is 0.811. The lowest BCUT2D eigenvalue weighted by Gasteiger charge is -2.21. The van der Waals surface area contributed by atoms with Gasteiger partial charge in [0, 0.05) is 6.42 Å². The second kappa shape index (κ2) is 8.45. The molecule has 0 aliphatic heterocycles. The molecule has 19 heavy (non-hydrogen) atoms. The predicted octanol–water partition coefficient (Wildman–Crippen LogP) is 2.76. The molecule has 1 amide bonds. The number of aryl methyl sites for hydroxylation is 1. The number of carbonyl (C=O) groups is 1. The van der Waals surface area contributed by atoms with Crippen molar-refractivity contribution < 1.29 is 4.79 Å². The van der Waals surface area contributed by atoms with E-state index in [9.17, 15) is 4.79 Å². The molecule has 0 aromatic carbocycles. The first-order chi connectivity index (χ1) is 8.49. The Balaban J connectivity index is 0.00000324. The van der Waals surface area contributed by atoms with E-state index in [1.54, 1.807) is 6.92 Å². The van der Waals surface area contributed by atoms with Crippen LogP contribution >= 0.6 is 23.7 Å². The van der Waals surface area contributed by atoms with Gasteiger partial charge in [0.05, 0.1) is 5.54 Å². The lowest BCUT2D eigenvalue weighted by Crippen LogP contribution is -2.48. The van der Waals surface area contributed by atoms with E-state index in [0.29, 0.717) is 11.6 Å². The van der Waals surface area contributed by atoms with E-state index >= 15 is 0 Å². The lowest BCUT2D eigenvalue weighted by atomic mass is 9.97. The standard InChI is InChI=1S/C12H22N4OS.ClH/c1-4-6-7-9-15-16-11(18-9)14-10(17)12(3,13)8-5-2;/h4-8,13H2,1-3H3,(H,14,16,17);1H. The number of anilines is 1. The van der Waals surface area contributed by atoms with E-state index in [1.807, 2.05) is 6.92 Å². The zero-order valence-electron chi connectivity index (χ0n) is 11.7. The number of aromatic nitrogens is 2. The molecule has 0 saturated carbocycles. The van der Waals surface area contributed by atoms with Crippen LogP contribution < -0.4 is 11.1 Å². The van der Waals surface area contributed by atoms with Gasteiger partial charge in [0.15, 0.2) is 0 Å². The minimum Gasteiger partial charge on any atom is -0.318 e. The second-order valence-corrected chi connectivity index (χ2v) is 5.79. The second-order valence-electron chi connectivity index (χ2n) is 4.73. The first-order valence-electron chi connectivity index (χ1n) is 6.42. The monoisotopic (exact) mass is 306 g/mol. The maximum absolute atomic E-state index is 12.0. The molecule has 0 spiro atoms. The Morgan fingerprint density at radius 2 is 2.05 bits per heavy atom. The van der Waals surface area contributed by atoms with Crippen molar-refractivity contribution in [3.8, 4) is 0 Å². The van der Waals surface area contributed by atoms with E-state index in [1.165, 1.54) is 11.3 Å². The Bertz CT molecular complexity index is 395. The molecule has 1 aromatic heterocycles. The molecule has 3 N–H and O–H groups in total. The minimum atomic E-state index is -0.843. The van der Waals surface area contributed by atoms with Gasteiger partial charge in [-0.1, -0.05) is 38.0 Å². The molecule has 0 bridgehead atoms. The smallest absolute Gasteiger partial charge is 0.245 e. The SMILES string of the molecule is CCCCc1nnc(NC(=O)C(C)(N)CCC)s1.Cl. The third-order valence-electron chi connectivity index (χ3n) is 2.72. The van der Waals surface area contributed by atoms with Crippen LogP contribution in [0.4, 0.5) is 5.13 Å². The van der Waals surface area contributed by atoms with E-state index in [-0.39, 0.29) is 18.3 Å². The van der Waals surface area contributed by atoms with Crippen LogP contribution in [0.3, 0.4) is 0 Å². The van der Waals surface area contributed by atoms with Crippen molar-refractivity contribution in [2.24, 2.45) is 5.73 Å². The molecule has 5 nitrogen and oxygen atoms in total. The number of nitrogens with zero attached hydrogens (tertiary/aromatic N) is 2. The fourth-order valence-corrected chi connectivity index (χ4v) is 2.38. The van der Waals surface area contributed by atoms with Crippen LogP contribution in [-0.4, -0.2) is 21.6 Å². The van der Waals surface area contributed by atoms with Crippen LogP contribution in [0.25, 0.3) is 0 Å². The van der Waals surface area contributed by atoms with Gasteiger partial charge in [-0.25, -0.2) is 0 Å². The molecule has 0 aliphatic rings. The Labute approximate surface area is 124 Å². The third kappa shape index (κ3) is 5.84. The summed E-state index contributed by atoms with van der Waals surface area (Å²) in [7, 11) is 0. The van der Waals surface area contributed by atoms with Crippen molar-refractivity contribution >= 4 is 34.8 Å². The van der Waals surface area contributed by atoms with Crippen LogP contribution in [0.2, 0.25) is 0 Å². The van der Waals surface area contributed by atoms with Gasteiger partial charge in [-0.05, 0) is 19.8 Å². The first-order valence-corrected chi connectivity index (χ1v) is 7.24. The van der Waals surface area contributed by atoms with Gasteiger partial charge in [-0.2, -0.15) is 0 Å². The number of halogens is 1. The van der Waals surface area contributed by atoms with Crippen LogP contribution in [0.5, 0.6) is 0 Å². The summed E-state index contributed by atoms with van der Waals surface area (Å²) in [5.41, 5.74) is 5.11. The van der Waals surface area contributed by atoms with E-state index < -0.39 is 5.54 Å². The molecule has 0 saturated heterocycles.